The zero-order valence-electron chi connectivity index (χ0n) is 36.5. The number of Topliss-reactive ketones (excluding diaryl/α,β-unsaturated/α-hetero) is 1. The van der Waals surface area contributed by atoms with E-state index in [2.05, 4.69) is 22.4 Å². The molecule has 65 heavy (non-hydrogen) atoms. The number of methoxy groups -OCH3 is 1. The van der Waals surface area contributed by atoms with Gasteiger partial charge in [-0.05, 0) is 90.1 Å². The van der Waals surface area contributed by atoms with Crippen molar-refractivity contribution in [2.75, 3.05) is 26.9 Å². The molecule has 7 N–H and O–H groups in total. The third-order valence-electron chi connectivity index (χ3n) is 14.5. The van der Waals surface area contributed by atoms with Gasteiger partial charge in [0.25, 0.3) is 5.91 Å². The minimum atomic E-state index is -2.55. The number of aliphatic hydroxyl groups excluding tert-OH is 3. The van der Waals surface area contributed by atoms with Crippen LogP contribution >= 0.6 is 0 Å². The fourth-order valence-corrected chi connectivity index (χ4v) is 10.8. The Labute approximate surface area is 376 Å². The number of H-pyrrole nitrogens is 1. The highest BCUT2D eigenvalue weighted by Crippen LogP contribution is 2.50. The van der Waals surface area contributed by atoms with E-state index < -0.39 is 48.7 Å². The number of nitrogens with one attached hydrogen (secondary N) is 2. The van der Waals surface area contributed by atoms with Gasteiger partial charge in [-0.1, -0.05) is 62.4 Å². The number of aromatic nitrogens is 1. The molecule has 2 aliphatic carbocycles. The average Bonchev–Trinajstić information content (AvgIpc) is 4.08. The van der Waals surface area contributed by atoms with Crippen LogP contribution < -0.4 is 14.8 Å². The van der Waals surface area contributed by atoms with Crippen LogP contribution in [0.15, 0.2) is 66.9 Å². The smallest absolute Gasteiger partial charge is 0.254 e. The Bertz CT molecular complexity index is 2650. The number of aliphatic hydroxyl groups is 4. The van der Waals surface area contributed by atoms with Gasteiger partial charge in [-0.25, -0.2) is 0 Å². The number of amides is 1. The number of benzene rings is 4. The SMILES string of the molecule is COc1cc2cc(C3CCCC3)c(C(=O)CN3Cc4ccccc4C3=O)c(O)c2c2c1/C=C/[C@H](c1c[nH]c3ccc(CNC4CCCCC4)cc13)OC[C@H]1O[C@H](O2)[C@@](O)(CO)[C@@H](O)[C@@H]1O. The fraction of sp³-hybridized carbons (Fsp3) is 0.451. The summed E-state index contributed by atoms with van der Waals surface area (Å²) in [4.78, 5) is 33.1. The Morgan fingerprint density at radius 1 is 1.00 bits per heavy atom. The molecular weight excluding hydrogens is 831 g/mol. The van der Waals surface area contributed by atoms with Crippen LogP contribution in [0.3, 0.4) is 0 Å². The summed E-state index contributed by atoms with van der Waals surface area (Å²) in [6, 6.07) is 17.6. The number of ether oxygens (including phenoxy) is 4. The summed E-state index contributed by atoms with van der Waals surface area (Å²) in [5, 5.41) is 63.2. The third-order valence-corrected chi connectivity index (χ3v) is 14.5. The molecule has 14 heteroatoms. The van der Waals surface area contributed by atoms with Crippen LogP contribution in [-0.4, -0.2) is 110 Å². The maximum atomic E-state index is 14.7. The van der Waals surface area contributed by atoms with E-state index in [0.29, 0.717) is 34.8 Å². The van der Waals surface area contributed by atoms with Crippen LogP contribution in [0.4, 0.5) is 0 Å². The van der Waals surface area contributed by atoms with Crippen molar-refractivity contribution in [1.82, 2.24) is 15.2 Å². The molecule has 2 bridgehead atoms. The Hall–Kier alpha value is -5.32. The number of carbonyl (C=O) groups excluding carboxylic acids is 2. The van der Waals surface area contributed by atoms with Gasteiger partial charge in [0.2, 0.25) is 6.29 Å². The molecule has 2 saturated carbocycles. The van der Waals surface area contributed by atoms with Gasteiger partial charge in [0, 0.05) is 47.4 Å². The van der Waals surface area contributed by atoms with E-state index in [-0.39, 0.29) is 59.5 Å². The molecule has 1 amide bonds. The summed E-state index contributed by atoms with van der Waals surface area (Å²) < 4.78 is 25.4. The topological polar surface area (TPSA) is 203 Å². The van der Waals surface area contributed by atoms with Gasteiger partial charge in [-0.15, -0.1) is 0 Å². The van der Waals surface area contributed by atoms with E-state index in [9.17, 15) is 35.1 Å². The number of ketones is 1. The number of phenolic OH excluding ortho intramolecular Hbond substituents is 1. The molecule has 5 aliphatic rings. The lowest BCUT2D eigenvalue weighted by atomic mass is 9.86. The molecule has 14 nitrogen and oxygen atoms in total. The predicted molar refractivity (Wildman–Crippen MR) is 242 cm³/mol. The highest BCUT2D eigenvalue weighted by molar-refractivity contribution is 6.11. The molecule has 3 fully saturated rings. The molecule has 1 aromatic heterocycles. The van der Waals surface area contributed by atoms with Crippen molar-refractivity contribution >= 4 is 39.4 Å². The zero-order chi connectivity index (χ0) is 45.0. The molecule has 5 aromatic rings. The van der Waals surface area contributed by atoms with Crippen molar-refractivity contribution in [1.29, 1.82) is 0 Å². The van der Waals surface area contributed by atoms with Crippen molar-refractivity contribution in [3.05, 3.63) is 106 Å². The molecule has 0 unspecified atom stereocenters. The molecule has 4 aromatic carbocycles. The van der Waals surface area contributed by atoms with Gasteiger partial charge < -0.3 is 59.7 Å². The summed E-state index contributed by atoms with van der Waals surface area (Å²) in [5.74, 6) is -0.912. The van der Waals surface area contributed by atoms with Gasteiger partial charge in [0.15, 0.2) is 11.4 Å². The number of phenols is 1. The first-order valence-corrected chi connectivity index (χ1v) is 23.0. The van der Waals surface area contributed by atoms with E-state index in [1.165, 1.54) is 31.3 Å². The second kappa shape index (κ2) is 17.8. The van der Waals surface area contributed by atoms with E-state index in [1.807, 2.05) is 30.5 Å². The quantitative estimate of drug-likeness (QED) is 0.0775. The van der Waals surface area contributed by atoms with Crippen LogP contribution in [0, 0.1) is 0 Å². The normalized spacial score (nSPS) is 26.8. The number of fused-ring (bicyclic) bond motifs is 7. The van der Waals surface area contributed by atoms with Gasteiger partial charge in [-0.3, -0.25) is 9.59 Å². The van der Waals surface area contributed by atoms with Crippen molar-refractivity contribution in [3.8, 4) is 17.2 Å². The first kappa shape index (κ1) is 43.6. The van der Waals surface area contributed by atoms with Gasteiger partial charge in [0.05, 0.1) is 43.4 Å². The van der Waals surface area contributed by atoms with Crippen molar-refractivity contribution in [2.45, 2.75) is 119 Å². The van der Waals surface area contributed by atoms with Crippen molar-refractivity contribution in [3.63, 3.8) is 0 Å². The number of hydrogen-bond donors (Lipinski definition) is 7. The second-order valence-corrected chi connectivity index (χ2v) is 18.5. The van der Waals surface area contributed by atoms with E-state index in [4.69, 9.17) is 18.9 Å². The van der Waals surface area contributed by atoms with Gasteiger partial charge >= 0.3 is 0 Å². The summed E-state index contributed by atoms with van der Waals surface area (Å²) >= 11 is 0. The fourth-order valence-electron chi connectivity index (χ4n) is 10.8. The molecular formula is C51H57N3O11. The van der Waals surface area contributed by atoms with Crippen LogP contribution in [-0.2, 0) is 22.6 Å². The lowest BCUT2D eigenvalue weighted by Crippen LogP contribution is -2.69. The van der Waals surface area contributed by atoms with Gasteiger partial charge in [-0.2, -0.15) is 0 Å². The first-order chi connectivity index (χ1) is 31.6. The highest BCUT2D eigenvalue weighted by atomic mass is 16.7. The molecule has 3 aliphatic heterocycles. The first-order valence-electron chi connectivity index (χ1n) is 23.0. The summed E-state index contributed by atoms with van der Waals surface area (Å²) in [7, 11) is 1.49. The standard InChI is InChI=1S/C51H57N3O11/c1-62-41-21-31-20-35(29-9-5-6-10-29)44(39(56)25-54-24-30-11-7-8-14-33(30)49(54)60)46(58)43(31)47-34(41)16-18-40(63-26-42-45(57)48(59)51(61,27-55)50(64-42)65-47)37-23-53-38-17-15-28(19-36(37)38)22-52-32-12-3-2-4-13-32/h7-8,11,14-21,23,29,32,40,42,45,48,50,52-53,55,57-59,61H,2-6,9-10,12-13,22,24-27H2,1H3/b18-16+/t40-,42-,45-,48+,50-,51-/m1/s1. The summed E-state index contributed by atoms with van der Waals surface area (Å²) in [6.07, 6.45) is 7.43. The lowest BCUT2D eigenvalue weighted by Gasteiger charge is -2.47. The van der Waals surface area contributed by atoms with Crippen molar-refractivity contribution in [2.24, 2.45) is 0 Å². The molecule has 342 valence electrons. The van der Waals surface area contributed by atoms with Crippen molar-refractivity contribution < 1.29 is 54.1 Å². The lowest BCUT2D eigenvalue weighted by molar-refractivity contribution is -0.329. The van der Waals surface area contributed by atoms with Gasteiger partial charge in [0.1, 0.15) is 41.7 Å². The maximum absolute atomic E-state index is 14.7. The molecule has 10 rings (SSSR count). The number of aromatic hydroxyl groups is 1. The van der Waals surface area contributed by atoms with Crippen LogP contribution in [0.5, 0.6) is 17.2 Å². The average molecular weight is 888 g/mol. The number of rotatable bonds is 10. The van der Waals surface area contributed by atoms with Crippen LogP contribution in [0.1, 0.15) is 118 Å². The van der Waals surface area contributed by atoms with E-state index >= 15 is 0 Å². The highest BCUT2D eigenvalue weighted by Gasteiger charge is 2.57. The third kappa shape index (κ3) is 7.88. The molecule has 1 saturated heterocycles. The van der Waals surface area contributed by atoms with Crippen LogP contribution in [0.2, 0.25) is 0 Å². The monoisotopic (exact) mass is 887 g/mol. The molecule has 0 spiro atoms. The Balaban J connectivity index is 1.11. The number of aromatic amines is 1. The minimum Gasteiger partial charge on any atom is -0.506 e. The summed E-state index contributed by atoms with van der Waals surface area (Å²) in [5.41, 5.74) is 2.56. The molecule has 6 atom stereocenters. The number of nitrogens with zero attached hydrogens (tertiary/aromatic N) is 1. The number of hydrogen-bond acceptors (Lipinski definition) is 12. The molecule has 0 radical (unpaired) electrons. The number of carbonyl (C=O) groups is 2. The Morgan fingerprint density at radius 3 is 2.55 bits per heavy atom. The van der Waals surface area contributed by atoms with E-state index in [0.717, 1.165) is 66.1 Å². The predicted octanol–water partition coefficient (Wildman–Crippen LogP) is 6.29. The molecule has 4 heterocycles. The maximum Gasteiger partial charge on any atom is 0.254 e. The zero-order valence-corrected chi connectivity index (χ0v) is 36.5. The minimum absolute atomic E-state index is 0.0454. The van der Waals surface area contributed by atoms with E-state index in [1.54, 1.807) is 30.4 Å². The largest absolute Gasteiger partial charge is 0.506 e. The Morgan fingerprint density at radius 2 is 1.78 bits per heavy atom. The van der Waals surface area contributed by atoms with Crippen LogP contribution in [0.25, 0.3) is 27.8 Å². The summed E-state index contributed by atoms with van der Waals surface area (Å²) in [6.45, 7) is -0.655. The second-order valence-electron chi connectivity index (χ2n) is 18.5. The Kier molecular flexibility index (Phi) is 11.9.